The number of ether oxygens (including phenoxy) is 2. The smallest absolute Gasteiger partial charge is 0.355 e. The Morgan fingerprint density at radius 2 is 1.75 bits per heavy atom. The van der Waals surface area contributed by atoms with Crippen LogP contribution in [-0.2, 0) is 19.1 Å². The van der Waals surface area contributed by atoms with E-state index in [1.54, 1.807) is 41.3 Å². The lowest BCUT2D eigenvalue weighted by molar-refractivity contribution is -0.140. The predicted octanol–water partition coefficient (Wildman–Crippen LogP) is 4.01. The maximum absolute atomic E-state index is 13.1. The molecule has 0 spiro atoms. The molecule has 4 rings (SSSR count). The van der Waals surface area contributed by atoms with Gasteiger partial charge in [-0.2, -0.15) is 10.5 Å². The average Bonchev–Trinajstić information content (AvgIpc) is 3.21. The number of anilines is 1. The summed E-state index contributed by atoms with van der Waals surface area (Å²) >= 11 is 7.50. The zero-order valence-electron chi connectivity index (χ0n) is 17.0. The molecule has 2 aromatic carbocycles. The molecule has 2 aromatic rings. The van der Waals surface area contributed by atoms with Gasteiger partial charge in [0.1, 0.15) is 11.1 Å². The molecule has 2 atom stereocenters. The minimum Gasteiger partial charge on any atom is -0.466 e. The minimum absolute atomic E-state index is 0.0621. The first kappa shape index (κ1) is 21.8. The lowest BCUT2D eigenvalue weighted by Crippen LogP contribution is -2.53. The van der Waals surface area contributed by atoms with Crippen molar-refractivity contribution in [3.05, 3.63) is 70.4 Å². The van der Waals surface area contributed by atoms with Gasteiger partial charge in [-0.1, -0.05) is 47.6 Å². The van der Waals surface area contributed by atoms with Gasteiger partial charge in [0.25, 0.3) is 0 Å². The Balaban J connectivity index is 2.15. The fourth-order valence-corrected chi connectivity index (χ4v) is 5.87. The Morgan fingerprint density at radius 3 is 2.38 bits per heavy atom. The Bertz CT molecular complexity index is 1230. The number of fused-ring (bicyclic) bond motifs is 3. The zero-order valence-corrected chi connectivity index (χ0v) is 18.6. The molecule has 160 valence electrons. The summed E-state index contributed by atoms with van der Waals surface area (Å²) in [5.74, 6) is -2.72. The van der Waals surface area contributed by atoms with Crippen LogP contribution in [0.5, 0.6) is 0 Å². The van der Waals surface area contributed by atoms with Crippen molar-refractivity contribution in [3.8, 4) is 12.1 Å². The van der Waals surface area contributed by atoms with Crippen molar-refractivity contribution in [1.29, 1.82) is 10.5 Å². The van der Waals surface area contributed by atoms with Gasteiger partial charge in [-0.05, 0) is 29.8 Å². The summed E-state index contributed by atoms with van der Waals surface area (Å²) in [7, 11) is 2.39. The lowest BCUT2D eigenvalue weighted by Gasteiger charge is -2.45. The van der Waals surface area contributed by atoms with Gasteiger partial charge >= 0.3 is 11.9 Å². The van der Waals surface area contributed by atoms with Gasteiger partial charge in [0.05, 0.1) is 43.5 Å². The fourth-order valence-electron chi connectivity index (χ4n) is 4.24. The third-order valence-corrected chi connectivity index (χ3v) is 7.20. The number of thioether (sulfide) groups is 1. The Labute approximate surface area is 193 Å². The summed E-state index contributed by atoms with van der Waals surface area (Å²) < 4.78 is 10.1. The summed E-state index contributed by atoms with van der Waals surface area (Å²) in [5, 5.41) is 20.3. The predicted molar refractivity (Wildman–Crippen MR) is 117 cm³/mol. The quantitative estimate of drug-likeness (QED) is 0.626. The van der Waals surface area contributed by atoms with Gasteiger partial charge in [-0.15, -0.1) is 0 Å². The Kier molecular flexibility index (Phi) is 5.60. The summed E-state index contributed by atoms with van der Waals surface area (Å²) in [6, 6.07) is 18.1. The fraction of sp³-hybridized carbons (Fsp3) is 0.217. The summed E-state index contributed by atoms with van der Waals surface area (Å²) in [5.41, 5.74) is -0.899. The second-order valence-electron chi connectivity index (χ2n) is 7.13. The minimum atomic E-state index is -1.75. The number of hydrogen-bond acceptors (Lipinski definition) is 8. The van der Waals surface area contributed by atoms with E-state index in [1.165, 1.54) is 26.0 Å². The molecule has 32 heavy (non-hydrogen) atoms. The lowest BCUT2D eigenvalue weighted by atomic mass is 9.66. The molecule has 2 heterocycles. The van der Waals surface area contributed by atoms with E-state index in [0.29, 0.717) is 16.3 Å². The molecular weight excluding hydrogens is 450 g/mol. The number of hydrogen-bond donors (Lipinski definition) is 0. The average molecular weight is 466 g/mol. The summed E-state index contributed by atoms with van der Waals surface area (Å²) in [6.07, 6.45) is 0. The number of benzene rings is 2. The number of nitrogens with zero attached hydrogens (tertiary/aromatic N) is 3. The standard InChI is InChI=1S/C23H16ClN3O4S/c1-30-20(28)17-18(13-6-5-7-14(24)10-13)23(11-25,12-26)22-27(19(17)21(29)31-2)15-8-3-4-9-16(15)32-22/h3-10,18,22H,1-2H3/t18-,22-/m0/s1. The van der Waals surface area contributed by atoms with E-state index < -0.39 is 28.6 Å². The van der Waals surface area contributed by atoms with Gasteiger partial charge < -0.3 is 14.4 Å². The molecule has 0 saturated heterocycles. The molecule has 0 saturated carbocycles. The normalized spacial score (nSPS) is 20.5. The van der Waals surface area contributed by atoms with Crippen LogP contribution in [0.2, 0.25) is 5.02 Å². The van der Waals surface area contributed by atoms with Crippen molar-refractivity contribution in [1.82, 2.24) is 0 Å². The second kappa shape index (κ2) is 8.23. The highest BCUT2D eigenvalue weighted by Crippen LogP contribution is 2.60. The molecule has 0 fully saturated rings. The number of methoxy groups -OCH3 is 2. The highest BCUT2D eigenvalue weighted by molar-refractivity contribution is 8.00. The van der Waals surface area contributed by atoms with Gasteiger partial charge in [0.2, 0.25) is 0 Å². The van der Waals surface area contributed by atoms with Crippen LogP contribution < -0.4 is 4.90 Å². The maximum atomic E-state index is 13.1. The van der Waals surface area contributed by atoms with E-state index >= 15 is 0 Å². The van der Waals surface area contributed by atoms with E-state index in [4.69, 9.17) is 21.1 Å². The highest BCUT2D eigenvalue weighted by Gasteiger charge is 2.62. The van der Waals surface area contributed by atoms with E-state index in [9.17, 15) is 20.1 Å². The Morgan fingerprint density at radius 1 is 1.06 bits per heavy atom. The first-order valence-electron chi connectivity index (χ1n) is 9.47. The van der Waals surface area contributed by atoms with Crippen LogP contribution in [0.25, 0.3) is 0 Å². The second-order valence-corrected chi connectivity index (χ2v) is 8.69. The molecule has 0 unspecified atom stereocenters. The first-order valence-corrected chi connectivity index (χ1v) is 10.7. The summed E-state index contributed by atoms with van der Waals surface area (Å²) in [6.45, 7) is 0. The number of esters is 2. The molecular formula is C23H16ClN3O4S. The van der Waals surface area contributed by atoms with E-state index in [0.717, 1.165) is 4.90 Å². The van der Waals surface area contributed by atoms with Crippen LogP contribution in [0.15, 0.2) is 64.7 Å². The molecule has 0 radical (unpaired) electrons. The Hall–Kier alpha value is -3.46. The number of para-hydroxylation sites is 1. The van der Waals surface area contributed by atoms with Crippen LogP contribution in [0.1, 0.15) is 11.5 Å². The third kappa shape index (κ3) is 3.03. The van der Waals surface area contributed by atoms with Crippen LogP contribution in [-0.4, -0.2) is 31.5 Å². The number of carbonyl (C=O) groups is 2. The van der Waals surface area contributed by atoms with Gasteiger partial charge in [-0.25, -0.2) is 9.59 Å². The van der Waals surface area contributed by atoms with Crippen molar-refractivity contribution < 1.29 is 19.1 Å². The van der Waals surface area contributed by atoms with Crippen LogP contribution in [0.4, 0.5) is 5.69 Å². The number of carbonyl (C=O) groups excluding carboxylic acids is 2. The van der Waals surface area contributed by atoms with Crippen LogP contribution >= 0.6 is 23.4 Å². The monoisotopic (exact) mass is 465 g/mol. The van der Waals surface area contributed by atoms with Gasteiger partial charge in [-0.3, -0.25) is 0 Å². The topological polar surface area (TPSA) is 103 Å². The SMILES string of the molecule is COC(=O)C1=C(C(=O)OC)N2c3ccccc3S[C@H]2C(C#N)(C#N)[C@H]1c1cccc(Cl)c1. The molecule has 0 amide bonds. The number of halogens is 1. The highest BCUT2D eigenvalue weighted by atomic mass is 35.5. The molecule has 0 aromatic heterocycles. The molecule has 0 bridgehead atoms. The molecule has 2 aliphatic heterocycles. The van der Waals surface area contributed by atoms with E-state index in [2.05, 4.69) is 12.1 Å². The maximum Gasteiger partial charge on any atom is 0.355 e. The first-order chi connectivity index (χ1) is 15.4. The molecule has 0 N–H and O–H groups in total. The largest absolute Gasteiger partial charge is 0.466 e. The third-order valence-electron chi connectivity index (χ3n) is 5.56. The van der Waals surface area contributed by atoms with Crippen molar-refractivity contribution in [3.63, 3.8) is 0 Å². The number of rotatable bonds is 3. The van der Waals surface area contributed by atoms with Gasteiger partial charge in [0, 0.05) is 9.92 Å². The van der Waals surface area contributed by atoms with Crippen molar-refractivity contribution in [2.24, 2.45) is 5.41 Å². The van der Waals surface area contributed by atoms with Crippen molar-refractivity contribution in [2.75, 3.05) is 19.1 Å². The molecule has 2 aliphatic rings. The molecule has 7 nitrogen and oxygen atoms in total. The summed E-state index contributed by atoms with van der Waals surface area (Å²) in [4.78, 5) is 28.5. The molecule has 0 aliphatic carbocycles. The molecule has 9 heteroatoms. The van der Waals surface area contributed by atoms with Gasteiger partial charge in [0.15, 0.2) is 5.41 Å². The number of nitriles is 2. The van der Waals surface area contributed by atoms with E-state index in [1.807, 2.05) is 12.1 Å². The van der Waals surface area contributed by atoms with Crippen molar-refractivity contribution >= 4 is 41.0 Å². The van der Waals surface area contributed by atoms with E-state index in [-0.39, 0.29) is 11.3 Å². The zero-order chi connectivity index (χ0) is 23.0. The van der Waals surface area contributed by atoms with Crippen LogP contribution in [0, 0.1) is 28.1 Å². The van der Waals surface area contributed by atoms with Crippen molar-refractivity contribution in [2.45, 2.75) is 16.2 Å². The van der Waals surface area contributed by atoms with Crippen LogP contribution in [0.3, 0.4) is 0 Å².